The highest BCUT2D eigenvalue weighted by molar-refractivity contribution is 5.91. The number of carbonyl (C=O) groups is 1. The van der Waals surface area contributed by atoms with Gasteiger partial charge in [-0.3, -0.25) is 0 Å². The standard InChI is InChI=1S/C16H17N3O3/c1-4-13-15(11(3)22-18-13)16(20)21-9-12-8-19-7-10(2)5-6-14(19)17-12/h5-8H,4,9H2,1-3H3. The number of hydrogen-bond donors (Lipinski definition) is 0. The summed E-state index contributed by atoms with van der Waals surface area (Å²) in [5, 5.41) is 3.86. The van der Waals surface area contributed by atoms with Gasteiger partial charge in [0.05, 0.1) is 11.4 Å². The van der Waals surface area contributed by atoms with E-state index in [1.807, 2.05) is 42.8 Å². The number of aryl methyl sites for hydroxylation is 3. The molecule has 3 aromatic heterocycles. The first kappa shape index (κ1) is 14.3. The van der Waals surface area contributed by atoms with Crippen molar-refractivity contribution >= 4 is 11.6 Å². The fourth-order valence-corrected chi connectivity index (χ4v) is 2.36. The minimum absolute atomic E-state index is 0.118. The van der Waals surface area contributed by atoms with E-state index in [0.717, 1.165) is 11.2 Å². The summed E-state index contributed by atoms with van der Waals surface area (Å²) in [5.74, 6) is 0.0521. The molecule has 0 atom stereocenters. The predicted molar refractivity (Wildman–Crippen MR) is 79.7 cm³/mol. The number of esters is 1. The molecule has 3 aromatic rings. The first-order valence-corrected chi connectivity index (χ1v) is 7.15. The third-order valence-corrected chi connectivity index (χ3v) is 3.47. The van der Waals surface area contributed by atoms with E-state index in [1.165, 1.54) is 0 Å². The zero-order chi connectivity index (χ0) is 15.7. The highest BCUT2D eigenvalue weighted by Crippen LogP contribution is 2.16. The Labute approximate surface area is 127 Å². The van der Waals surface area contributed by atoms with Crippen molar-refractivity contribution in [1.29, 1.82) is 0 Å². The Balaban J connectivity index is 1.75. The van der Waals surface area contributed by atoms with E-state index in [-0.39, 0.29) is 6.61 Å². The van der Waals surface area contributed by atoms with Crippen LogP contribution in [0.4, 0.5) is 0 Å². The molecule has 0 N–H and O–H groups in total. The normalized spacial score (nSPS) is 11.0. The van der Waals surface area contributed by atoms with Gasteiger partial charge in [0.15, 0.2) is 0 Å². The zero-order valence-electron chi connectivity index (χ0n) is 12.8. The quantitative estimate of drug-likeness (QED) is 0.693. The lowest BCUT2D eigenvalue weighted by Crippen LogP contribution is -2.08. The van der Waals surface area contributed by atoms with Crippen LogP contribution in [0.1, 0.15) is 40.0 Å². The maximum atomic E-state index is 12.2. The van der Waals surface area contributed by atoms with Crippen LogP contribution in [-0.4, -0.2) is 20.5 Å². The molecule has 0 aromatic carbocycles. The predicted octanol–water partition coefficient (Wildman–Crippen LogP) is 2.86. The molecule has 0 bridgehead atoms. The first-order chi connectivity index (χ1) is 10.6. The van der Waals surface area contributed by atoms with Gasteiger partial charge in [-0.05, 0) is 31.9 Å². The summed E-state index contributed by atoms with van der Waals surface area (Å²) in [4.78, 5) is 16.6. The molecule has 114 valence electrons. The number of pyridine rings is 1. The van der Waals surface area contributed by atoms with Crippen molar-refractivity contribution in [2.24, 2.45) is 0 Å². The van der Waals surface area contributed by atoms with Crippen molar-refractivity contribution in [3.05, 3.63) is 52.8 Å². The summed E-state index contributed by atoms with van der Waals surface area (Å²) < 4.78 is 12.3. The maximum absolute atomic E-state index is 12.2. The average molecular weight is 299 g/mol. The molecule has 0 fully saturated rings. The van der Waals surface area contributed by atoms with Gasteiger partial charge in [0, 0.05) is 12.4 Å². The third-order valence-electron chi connectivity index (χ3n) is 3.47. The van der Waals surface area contributed by atoms with E-state index < -0.39 is 5.97 Å². The van der Waals surface area contributed by atoms with Crippen LogP contribution >= 0.6 is 0 Å². The monoisotopic (exact) mass is 299 g/mol. The number of aromatic nitrogens is 3. The number of hydrogen-bond acceptors (Lipinski definition) is 5. The summed E-state index contributed by atoms with van der Waals surface area (Å²) in [6, 6.07) is 3.92. The molecule has 0 saturated carbocycles. The molecule has 0 unspecified atom stereocenters. The van der Waals surface area contributed by atoms with Crippen molar-refractivity contribution in [3.63, 3.8) is 0 Å². The number of carbonyl (C=O) groups excluding carboxylic acids is 1. The lowest BCUT2D eigenvalue weighted by atomic mass is 10.1. The zero-order valence-corrected chi connectivity index (χ0v) is 12.8. The molecule has 22 heavy (non-hydrogen) atoms. The molecule has 6 nitrogen and oxygen atoms in total. The second-order valence-electron chi connectivity index (χ2n) is 5.19. The molecule has 6 heteroatoms. The molecule has 3 heterocycles. The van der Waals surface area contributed by atoms with Crippen LogP contribution in [-0.2, 0) is 17.8 Å². The van der Waals surface area contributed by atoms with Crippen molar-refractivity contribution in [2.45, 2.75) is 33.8 Å². The SMILES string of the molecule is CCc1noc(C)c1C(=O)OCc1cn2cc(C)ccc2n1. The van der Waals surface area contributed by atoms with Gasteiger partial charge in [0.2, 0.25) is 0 Å². The van der Waals surface area contributed by atoms with E-state index >= 15 is 0 Å². The lowest BCUT2D eigenvalue weighted by Gasteiger charge is -2.02. The van der Waals surface area contributed by atoms with E-state index in [4.69, 9.17) is 9.26 Å². The van der Waals surface area contributed by atoms with Crippen LogP contribution in [0, 0.1) is 13.8 Å². The topological polar surface area (TPSA) is 69.6 Å². The number of rotatable bonds is 4. The summed E-state index contributed by atoms with van der Waals surface area (Å²) in [5.41, 5.74) is 3.70. The second-order valence-corrected chi connectivity index (χ2v) is 5.19. The Morgan fingerprint density at radius 3 is 2.91 bits per heavy atom. The molecule has 0 radical (unpaired) electrons. The first-order valence-electron chi connectivity index (χ1n) is 7.15. The van der Waals surface area contributed by atoms with Gasteiger partial charge in [0.1, 0.15) is 23.6 Å². The van der Waals surface area contributed by atoms with Gasteiger partial charge in [-0.1, -0.05) is 18.1 Å². The van der Waals surface area contributed by atoms with Crippen LogP contribution < -0.4 is 0 Å². The number of ether oxygens (including phenoxy) is 1. The Kier molecular flexibility index (Phi) is 3.66. The lowest BCUT2D eigenvalue weighted by molar-refractivity contribution is 0.0465. The van der Waals surface area contributed by atoms with Crippen molar-refractivity contribution in [1.82, 2.24) is 14.5 Å². The van der Waals surface area contributed by atoms with E-state index in [0.29, 0.717) is 29.1 Å². The molecular formula is C16H17N3O3. The molecule has 3 rings (SSSR count). The molecule has 0 aliphatic heterocycles. The van der Waals surface area contributed by atoms with Crippen LogP contribution in [0.25, 0.3) is 5.65 Å². The Morgan fingerprint density at radius 1 is 1.32 bits per heavy atom. The van der Waals surface area contributed by atoms with Gasteiger partial charge in [-0.15, -0.1) is 0 Å². The summed E-state index contributed by atoms with van der Waals surface area (Å²) in [6.45, 7) is 5.75. The molecule has 0 spiro atoms. The van der Waals surface area contributed by atoms with Gasteiger partial charge in [-0.2, -0.15) is 0 Å². The fraction of sp³-hybridized carbons (Fsp3) is 0.312. The minimum atomic E-state index is -0.427. The molecular weight excluding hydrogens is 282 g/mol. The number of fused-ring (bicyclic) bond motifs is 1. The van der Waals surface area contributed by atoms with Gasteiger partial charge in [-0.25, -0.2) is 9.78 Å². The average Bonchev–Trinajstić information content (AvgIpc) is 3.07. The Morgan fingerprint density at radius 2 is 2.14 bits per heavy atom. The van der Waals surface area contributed by atoms with Gasteiger partial charge < -0.3 is 13.7 Å². The Hall–Kier alpha value is -2.63. The largest absolute Gasteiger partial charge is 0.455 e. The van der Waals surface area contributed by atoms with E-state index in [2.05, 4.69) is 10.1 Å². The molecule has 0 amide bonds. The van der Waals surface area contributed by atoms with E-state index in [9.17, 15) is 4.79 Å². The highest BCUT2D eigenvalue weighted by atomic mass is 16.5. The molecule has 0 saturated heterocycles. The van der Waals surface area contributed by atoms with Gasteiger partial charge >= 0.3 is 5.97 Å². The summed E-state index contributed by atoms with van der Waals surface area (Å²) in [6.07, 6.45) is 4.46. The highest BCUT2D eigenvalue weighted by Gasteiger charge is 2.20. The van der Waals surface area contributed by atoms with Crippen LogP contribution in [0.2, 0.25) is 0 Å². The Bertz CT molecular complexity index is 832. The van der Waals surface area contributed by atoms with E-state index in [1.54, 1.807) is 6.92 Å². The summed E-state index contributed by atoms with van der Waals surface area (Å²) in [7, 11) is 0. The summed E-state index contributed by atoms with van der Waals surface area (Å²) >= 11 is 0. The van der Waals surface area contributed by atoms with Crippen molar-refractivity contribution < 1.29 is 14.1 Å². The fourth-order valence-electron chi connectivity index (χ4n) is 2.36. The minimum Gasteiger partial charge on any atom is -0.455 e. The van der Waals surface area contributed by atoms with Crippen LogP contribution in [0.3, 0.4) is 0 Å². The smallest absolute Gasteiger partial charge is 0.344 e. The van der Waals surface area contributed by atoms with Crippen molar-refractivity contribution in [2.75, 3.05) is 0 Å². The van der Waals surface area contributed by atoms with Crippen molar-refractivity contribution in [3.8, 4) is 0 Å². The number of nitrogens with zero attached hydrogens (tertiary/aromatic N) is 3. The third kappa shape index (κ3) is 2.59. The molecule has 0 aliphatic rings. The van der Waals surface area contributed by atoms with Crippen LogP contribution in [0.5, 0.6) is 0 Å². The molecule has 0 aliphatic carbocycles. The van der Waals surface area contributed by atoms with Crippen LogP contribution in [0.15, 0.2) is 29.0 Å². The number of imidazole rings is 1. The maximum Gasteiger partial charge on any atom is 0.344 e. The van der Waals surface area contributed by atoms with Gasteiger partial charge in [0.25, 0.3) is 0 Å². The second kappa shape index (κ2) is 5.63.